The van der Waals surface area contributed by atoms with Crippen molar-refractivity contribution in [3.8, 4) is 0 Å². The molecular weight excluding hydrogens is 278 g/mol. The first-order valence-corrected chi connectivity index (χ1v) is 7.08. The highest BCUT2D eigenvalue weighted by atomic mass is 16.6. The number of carbonyl (C=O) groups excluding carboxylic acids is 1. The lowest BCUT2D eigenvalue weighted by atomic mass is 9.99. The van der Waals surface area contributed by atoms with E-state index in [1.165, 1.54) is 0 Å². The normalized spacial score (nSPS) is 11.5. The van der Waals surface area contributed by atoms with Crippen LogP contribution in [-0.2, 0) is 11.2 Å². The SMILES string of the molecule is C=CCNC(=O)OC(C)c1ccccc1Cc1cnccn1. The molecule has 0 aliphatic carbocycles. The Kier molecular flexibility index (Phi) is 5.65. The van der Waals surface area contributed by atoms with Crippen LogP contribution in [-0.4, -0.2) is 22.6 Å². The van der Waals surface area contributed by atoms with Crippen LogP contribution in [0.4, 0.5) is 4.79 Å². The Balaban J connectivity index is 2.10. The zero-order valence-corrected chi connectivity index (χ0v) is 12.5. The Hall–Kier alpha value is -2.69. The number of hydrogen-bond acceptors (Lipinski definition) is 4. The number of nitrogens with one attached hydrogen (secondary N) is 1. The predicted molar refractivity (Wildman–Crippen MR) is 84.4 cm³/mol. The van der Waals surface area contributed by atoms with Crippen molar-refractivity contribution in [2.24, 2.45) is 0 Å². The summed E-state index contributed by atoms with van der Waals surface area (Å²) in [6, 6.07) is 7.85. The van der Waals surface area contributed by atoms with E-state index in [1.54, 1.807) is 24.7 Å². The number of nitrogens with zero attached hydrogens (tertiary/aromatic N) is 2. The third kappa shape index (κ3) is 4.41. The van der Waals surface area contributed by atoms with Crippen LogP contribution in [0.1, 0.15) is 29.8 Å². The summed E-state index contributed by atoms with van der Waals surface area (Å²) < 4.78 is 5.38. The Morgan fingerprint density at radius 3 is 2.95 bits per heavy atom. The maximum Gasteiger partial charge on any atom is 0.407 e. The van der Waals surface area contributed by atoms with Gasteiger partial charge in [-0.1, -0.05) is 30.3 Å². The van der Waals surface area contributed by atoms with E-state index in [4.69, 9.17) is 4.74 Å². The smallest absolute Gasteiger partial charge is 0.407 e. The average Bonchev–Trinajstić information content (AvgIpc) is 2.54. The van der Waals surface area contributed by atoms with Crippen LogP contribution in [0, 0.1) is 0 Å². The summed E-state index contributed by atoms with van der Waals surface area (Å²) in [5, 5.41) is 2.60. The van der Waals surface area contributed by atoms with Gasteiger partial charge in [-0.2, -0.15) is 0 Å². The van der Waals surface area contributed by atoms with Gasteiger partial charge >= 0.3 is 6.09 Å². The molecule has 22 heavy (non-hydrogen) atoms. The van der Waals surface area contributed by atoms with Crippen molar-refractivity contribution in [1.82, 2.24) is 15.3 Å². The van der Waals surface area contributed by atoms with E-state index in [-0.39, 0.29) is 6.10 Å². The third-order valence-electron chi connectivity index (χ3n) is 3.16. The van der Waals surface area contributed by atoms with Crippen LogP contribution in [0.3, 0.4) is 0 Å². The lowest BCUT2D eigenvalue weighted by Crippen LogP contribution is -2.25. The summed E-state index contributed by atoms with van der Waals surface area (Å²) in [4.78, 5) is 20.0. The zero-order chi connectivity index (χ0) is 15.8. The summed E-state index contributed by atoms with van der Waals surface area (Å²) in [5.41, 5.74) is 2.90. The Morgan fingerprint density at radius 1 is 1.41 bits per heavy atom. The molecule has 2 rings (SSSR count). The van der Waals surface area contributed by atoms with E-state index < -0.39 is 6.09 Å². The highest BCUT2D eigenvalue weighted by Gasteiger charge is 2.15. The summed E-state index contributed by atoms with van der Waals surface area (Å²) in [6.07, 6.45) is 6.49. The van der Waals surface area contributed by atoms with Gasteiger partial charge in [0.15, 0.2) is 0 Å². The van der Waals surface area contributed by atoms with Crippen molar-refractivity contribution in [1.29, 1.82) is 0 Å². The fourth-order valence-corrected chi connectivity index (χ4v) is 2.13. The van der Waals surface area contributed by atoms with Gasteiger partial charge in [0.05, 0.1) is 5.69 Å². The molecule has 0 saturated heterocycles. The Bertz CT molecular complexity index is 629. The van der Waals surface area contributed by atoms with Crippen LogP contribution in [0.2, 0.25) is 0 Å². The molecule has 1 aromatic carbocycles. The quantitative estimate of drug-likeness (QED) is 0.832. The second-order valence-electron chi connectivity index (χ2n) is 4.79. The Morgan fingerprint density at radius 2 is 2.23 bits per heavy atom. The van der Waals surface area contributed by atoms with E-state index in [0.717, 1.165) is 16.8 Å². The first kappa shape index (κ1) is 15.7. The molecule has 1 amide bonds. The molecule has 114 valence electrons. The topological polar surface area (TPSA) is 64.1 Å². The molecule has 0 fully saturated rings. The second kappa shape index (κ2) is 7.93. The fraction of sp³-hybridized carbons (Fsp3) is 0.235. The van der Waals surface area contributed by atoms with E-state index >= 15 is 0 Å². The van der Waals surface area contributed by atoms with Gasteiger partial charge in [0.25, 0.3) is 0 Å². The predicted octanol–water partition coefficient (Wildman–Crippen LogP) is 3.04. The van der Waals surface area contributed by atoms with Crippen LogP contribution < -0.4 is 5.32 Å². The lowest BCUT2D eigenvalue weighted by molar-refractivity contribution is 0.108. The van der Waals surface area contributed by atoms with Gasteiger partial charge in [-0.25, -0.2) is 4.79 Å². The highest BCUT2D eigenvalue weighted by Crippen LogP contribution is 2.23. The summed E-state index contributed by atoms with van der Waals surface area (Å²) in [6.45, 7) is 5.78. The van der Waals surface area contributed by atoms with Crippen molar-refractivity contribution in [3.05, 3.63) is 72.3 Å². The summed E-state index contributed by atoms with van der Waals surface area (Å²) in [5.74, 6) is 0. The molecule has 1 aromatic heterocycles. The molecular formula is C17H19N3O2. The number of alkyl carbamates (subject to hydrolysis) is 1. The molecule has 1 N–H and O–H groups in total. The lowest BCUT2D eigenvalue weighted by Gasteiger charge is -2.17. The van der Waals surface area contributed by atoms with Crippen molar-refractivity contribution in [2.45, 2.75) is 19.4 Å². The molecule has 0 aliphatic rings. The van der Waals surface area contributed by atoms with Crippen LogP contribution in [0.25, 0.3) is 0 Å². The maximum absolute atomic E-state index is 11.7. The molecule has 0 radical (unpaired) electrons. The van der Waals surface area contributed by atoms with Crippen LogP contribution >= 0.6 is 0 Å². The number of rotatable bonds is 6. The first-order valence-electron chi connectivity index (χ1n) is 7.08. The minimum Gasteiger partial charge on any atom is -0.442 e. The van der Waals surface area contributed by atoms with E-state index in [1.807, 2.05) is 31.2 Å². The zero-order valence-electron chi connectivity index (χ0n) is 12.5. The third-order valence-corrected chi connectivity index (χ3v) is 3.16. The number of carbonyl (C=O) groups is 1. The number of aromatic nitrogens is 2. The van der Waals surface area contributed by atoms with Crippen molar-refractivity contribution in [3.63, 3.8) is 0 Å². The van der Waals surface area contributed by atoms with E-state index in [2.05, 4.69) is 21.9 Å². The van der Waals surface area contributed by atoms with Crippen LogP contribution in [0.15, 0.2) is 55.5 Å². The standard InChI is InChI=1S/C17H19N3O2/c1-3-8-20-17(21)22-13(2)16-7-5-4-6-14(16)11-15-12-18-9-10-19-15/h3-7,9-10,12-13H,1,8,11H2,2H3,(H,20,21). The highest BCUT2D eigenvalue weighted by molar-refractivity contribution is 5.67. The second-order valence-corrected chi connectivity index (χ2v) is 4.79. The van der Waals surface area contributed by atoms with E-state index in [0.29, 0.717) is 13.0 Å². The minimum atomic E-state index is -0.457. The molecule has 0 spiro atoms. The van der Waals surface area contributed by atoms with Gasteiger partial charge in [0.2, 0.25) is 0 Å². The first-order chi connectivity index (χ1) is 10.7. The number of benzene rings is 1. The molecule has 5 nitrogen and oxygen atoms in total. The number of ether oxygens (including phenoxy) is 1. The summed E-state index contributed by atoms with van der Waals surface area (Å²) in [7, 11) is 0. The van der Waals surface area contributed by atoms with Crippen LogP contribution in [0.5, 0.6) is 0 Å². The van der Waals surface area contributed by atoms with Gasteiger partial charge in [0, 0.05) is 31.6 Å². The molecule has 5 heteroatoms. The number of hydrogen-bond donors (Lipinski definition) is 1. The summed E-state index contributed by atoms with van der Waals surface area (Å²) >= 11 is 0. The van der Waals surface area contributed by atoms with Gasteiger partial charge in [-0.3, -0.25) is 9.97 Å². The average molecular weight is 297 g/mol. The van der Waals surface area contributed by atoms with Gasteiger partial charge in [-0.15, -0.1) is 6.58 Å². The Labute approximate surface area is 130 Å². The van der Waals surface area contributed by atoms with Crippen molar-refractivity contribution >= 4 is 6.09 Å². The largest absolute Gasteiger partial charge is 0.442 e. The molecule has 0 aliphatic heterocycles. The monoisotopic (exact) mass is 297 g/mol. The molecule has 1 atom stereocenters. The molecule has 2 aromatic rings. The molecule has 1 unspecified atom stereocenters. The van der Waals surface area contributed by atoms with Gasteiger partial charge in [0.1, 0.15) is 6.10 Å². The maximum atomic E-state index is 11.7. The number of amides is 1. The van der Waals surface area contributed by atoms with Crippen molar-refractivity contribution < 1.29 is 9.53 Å². The molecule has 1 heterocycles. The van der Waals surface area contributed by atoms with Gasteiger partial charge in [-0.05, 0) is 18.1 Å². The minimum absolute atomic E-state index is 0.349. The van der Waals surface area contributed by atoms with E-state index in [9.17, 15) is 4.79 Å². The van der Waals surface area contributed by atoms with Gasteiger partial charge < -0.3 is 10.1 Å². The molecule has 0 saturated carbocycles. The fourth-order valence-electron chi connectivity index (χ4n) is 2.13. The molecule has 0 bridgehead atoms. The van der Waals surface area contributed by atoms with Crippen molar-refractivity contribution in [2.75, 3.05) is 6.54 Å².